The Balaban J connectivity index is 1.90. The highest BCUT2D eigenvalue weighted by Crippen LogP contribution is 2.46. The number of hydrogen-bond donors (Lipinski definition) is 0. The van der Waals surface area contributed by atoms with Crippen molar-refractivity contribution in [3.63, 3.8) is 0 Å². The van der Waals surface area contributed by atoms with Gasteiger partial charge in [0.25, 0.3) is 0 Å². The molecule has 0 aliphatic carbocycles. The number of amides is 1. The number of alkyl halides is 6. The van der Waals surface area contributed by atoms with Gasteiger partial charge in [-0.05, 0) is 43.2 Å². The Kier molecular flexibility index (Phi) is 7.07. The van der Waals surface area contributed by atoms with E-state index in [1.54, 1.807) is 30.3 Å². The van der Waals surface area contributed by atoms with Crippen LogP contribution in [0.5, 0.6) is 5.75 Å². The highest BCUT2D eigenvalue weighted by atomic mass is 19.4. The first-order valence-electron chi connectivity index (χ1n) is 11.4. The van der Waals surface area contributed by atoms with Crippen LogP contribution in [0.15, 0.2) is 60.7 Å². The van der Waals surface area contributed by atoms with E-state index >= 15 is 0 Å². The van der Waals surface area contributed by atoms with Crippen molar-refractivity contribution < 1.29 is 35.9 Å². The van der Waals surface area contributed by atoms with E-state index in [2.05, 4.69) is 9.72 Å². The minimum absolute atomic E-state index is 0.000744. The van der Waals surface area contributed by atoms with Gasteiger partial charge in [0.05, 0.1) is 17.4 Å². The molecule has 0 radical (unpaired) electrons. The van der Waals surface area contributed by atoms with Crippen molar-refractivity contribution >= 4 is 17.3 Å². The van der Waals surface area contributed by atoms with Gasteiger partial charge in [-0.25, -0.2) is 4.98 Å². The van der Waals surface area contributed by atoms with E-state index < -0.39 is 30.0 Å². The van der Waals surface area contributed by atoms with Crippen LogP contribution in [0, 0.1) is 0 Å². The Hall–Kier alpha value is -3.76. The lowest BCUT2D eigenvalue weighted by Crippen LogP contribution is -2.28. The topological polar surface area (TPSA) is 45.7 Å². The number of benzene rings is 2. The van der Waals surface area contributed by atoms with E-state index in [-0.39, 0.29) is 22.9 Å². The lowest BCUT2D eigenvalue weighted by atomic mass is 10.0. The Morgan fingerprint density at radius 2 is 1.70 bits per heavy atom. The Labute approximate surface area is 209 Å². The standard InChI is InChI=1S/C26H23F6N3O2/c1-16(20-10-6-11-22(33-20)25(27,28)29)34(2)21-15-18(35-13-7-12-23(35)36)14-19(17-8-4-3-5-9-17)24(21)37-26(30,31)32/h3-6,8-11,14-16H,7,12-13H2,1-2H3. The quantitative estimate of drug-likeness (QED) is 0.327. The van der Waals surface area contributed by atoms with E-state index in [0.717, 1.165) is 6.07 Å². The molecular formula is C26H23F6N3O2. The van der Waals surface area contributed by atoms with Crippen molar-refractivity contribution in [1.82, 2.24) is 4.98 Å². The summed E-state index contributed by atoms with van der Waals surface area (Å²) in [6.07, 6.45) is -8.84. The zero-order valence-corrected chi connectivity index (χ0v) is 19.9. The molecule has 1 aliphatic heterocycles. The maximum atomic E-state index is 13.6. The summed E-state index contributed by atoms with van der Waals surface area (Å²) < 4.78 is 85.1. The van der Waals surface area contributed by atoms with Crippen molar-refractivity contribution in [1.29, 1.82) is 0 Å². The fourth-order valence-electron chi connectivity index (χ4n) is 4.24. The molecule has 1 aromatic heterocycles. The lowest BCUT2D eigenvalue weighted by molar-refractivity contribution is -0.274. The Bertz CT molecular complexity index is 1280. The molecule has 196 valence electrons. The summed E-state index contributed by atoms with van der Waals surface area (Å²) in [5, 5.41) is 0. The van der Waals surface area contributed by atoms with Crippen LogP contribution in [0.3, 0.4) is 0 Å². The zero-order valence-electron chi connectivity index (χ0n) is 19.9. The molecule has 1 atom stereocenters. The molecule has 0 N–H and O–H groups in total. The number of carbonyl (C=O) groups excluding carboxylic acids is 1. The summed E-state index contributed by atoms with van der Waals surface area (Å²) in [6.45, 7) is 1.91. The summed E-state index contributed by atoms with van der Waals surface area (Å²) in [4.78, 5) is 19.0. The van der Waals surface area contributed by atoms with Gasteiger partial charge >= 0.3 is 12.5 Å². The average molecular weight is 523 g/mol. The number of aromatic nitrogens is 1. The molecule has 37 heavy (non-hydrogen) atoms. The number of rotatable bonds is 6. The van der Waals surface area contributed by atoms with E-state index in [9.17, 15) is 31.1 Å². The third-order valence-corrected chi connectivity index (χ3v) is 6.19. The lowest BCUT2D eigenvalue weighted by Gasteiger charge is -2.31. The number of hydrogen-bond acceptors (Lipinski definition) is 4. The largest absolute Gasteiger partial charge is 0.573 e. The van der Waals surface area contributed by atoms with Gasteiger partial charge in [0.1, 0.15) is 5.69 Å². The van der Waals surface area contributed by atoms with Crippen LogP contribution in [-0.4, -0.2) is 30.8 Å². The average Bonchev–Trinajstić information content (AvgIpc) is 3.28. The third-order valence-electron chi connectivity index (χ3n) is 6.19. The molecule has 0 spiro atoms. The third kappa shape index (κ3) is 5.81. The first kappa shape index (κ1) is 26.3. The predicted octanol–water partition coefficient (Wildman–Crippen LogP) is 6.99. The number of ether oxygens (including phenoxy) is 1. The molecule has 2 aromatic carbocycles. The fourth-order valence-corrected chi connectivity index (χ4v) is 4.24. The van der Waals surface area contributed by atoms with Crippen LogP contribution >= 0.6 is 0 Å². The molecule has 1 saturated heterocycles. The maximum Gasteiger partial charge on any atom is 0.573 e. The Morgan fingerprint density at radius 1 is 1.00 bits per heavy atom. The van der Waals surface area contributed by atoms with E-state index in [1.165, 1.54) is 48.0 Å². The number of nitrogens with zero attached hydrogens (tertiary/aromatic N) is 3. The van der Waals surface area contributed by atoms with Gasteiger partial charge in [0, 0.05) is 31.3 Å². The van der Waals surface area contributed by atoms with Crippen LogP contribution in [0.4, 0.5) is 37.7 Å². The molecule has 0 saturated carbocycles. The molecular weight excluding hydrogens is 500 g/mol. The molecule has 5 nitrogen and oxygen atoms in total. The van der Waals surface area contributed by atoms with Crippen molar-refractivity contribution in [3.05, 3.63) is 72.1 Å². The van der Waals surface area contributed by atoms with Gasteiger partial charge < -0.3 is 14.5 Å². The van der Waals surface area contributed by atoms with Crippen LogP contribution in [0.1, 0.15) is 37.2 Å². The molecule has 3 aromatic rings. The minimum atomic E-state index is -5.05. The fraction of sp³-hybridized carbons (Fsp3) is 0.308. The van der Waals surface area contributed by atoms with Gasteiger partial charge in [-0.2, -0.15) is 13.2 Å². The van der Waals surface area contributed by atoms with Crippen molar-refractivity contribution in [2.45, 2.75) is 38.3 Å². The van der Waals surface area contributed by atoms with E-state index in [0.29, 0.717) is 30.6 Å². The first-order chi connectivity index (χ1) is 17.3. The van der Waals surface area contributed by atoms with Gasteiger partial charge in [0.2, 0.25) is 5.91 Å². The van der Waals surface area contributed by atoms with E-state index in [4.69, 9.17) is 0 Å². The SMILES string of the molecule is CC(c1cccc(C(F)(F)F)n1)N(C)c1cc(N2CCCC2=O)cc(-c2ccccc2)c1OC(F)(F)F. The smallest absolute Gasteiger partial charge is 0.403 e. The summed E-state index contributed by atoms with van der Waals surface area (Å²) >= 11 is 0. The van der Waals surface area contributed by atoms with Crippen molar-refractivity contribution in [3.8, 4) is 16.9 Å². The first-order valence-corrected chi connectivity index (χ1v) is 11.4. The molecule has 11 heteroatoms. The van der Waals surface area contributed by atoms with Gasteiger partial charge in [-0.3, -0.25) is 4.79 Å². The summed E-state index contributed by atoms with van der Waals surface area (Å²) in [6, 6.07) is 13.6. The summed E-state index contributed by atoms with van der Waals surface area (Å²) in [5.74, 6) is -0.708. The molecule has 1 aliphatic rings. The molecule has 2 heterocycles. The zero-order chi connectivity index (χ0) is 27.0. The second-order valence-corrected chi connectivity index (χ2v) is 8.64. The van der Waals surface area contributed by atoms with Crippen LogP contribution in [0.25, 0.3) is 11.1 Å². The second-order valence-electron chi connectivity index (χ2n) is 8.64. The van der Waals surface area contributed by atoms with Gasteiger partial charge in [-0.1, -0.05) is 36.4 Å². The minimum Gasteiger partial charge on any atom is -0.403 e. The predicted molar refractivity (Wildman–Crippen MR) is 126 cm³/mol. The molecule has 0 bridgehead atoms. The molecule has 4 rings (SSSR count). The van der Waals surface area contributed by atoms with Crippen molar-refractivity contribution in [2.24, 2.45) is 0 Å². The van der Waals surface area contributed by atoms with Crippen molar-refractivity contribution in [2.75, 3.05) is 23.4 Å². The van der Waals surface area contributed by atoms with Crippen LogP contribution in [0.2, 0.25) is 0 Å². The van der Waals surface area contributed by atoms with Crippen LogP contribution < -0.4 is 14.5 Å². The van der Waals surface area contributed by atoms with Gasteiger partial charge in [-0.15, -0.1) is 13.2 Å². The number of anilines is 2. The highest BCUT2D eigenvalue weighted by molar-refractivity contribution is 5.97. The highest BCUT2D eigenvalue weighted by Gasteiger charge is 2.37. The monoisotopic (exact) mass is 523 g/mol. The molecule has 1 fully saturated rings. The summed E-state index contributed by atoms with van der Waals surface area (Å²) in [7, 11) is 1.44. The second kappa shape index (κ2) is 9.95. The Morgan fingerprint density at radius 3 is 2.30 bits per heavy atom. The number of carbonyl (C=O) groups is 1. The maximum absolute atomic E-state index is 13.6. The molecule has 1 amide bonds. The summed E-state index contributed by atoms with van der Waals surface area (Å²) in [5.41, 5.74) is -0.310. The normalized spacial score (nSPS) is 15.1. The number of halogens is 6. The molecule has 1 unspecified atom stereocenters. The van der Waals surface area contributed by atoms with E-state index in [1.807, 2.05) is 0 Å². The van der Waals surface area contributed by atoms with Gasteiger partial charge in [0.15, 0.2) is 5.75 Å². The van der Waals surface area contributed by atoms with Crippen LogP contribution in [-0.2, 0) is 11.0 Å². The number of pyridine rings is 1.